The Morgan fingerprint density at radius 3 is 2.59 bits per heavy atom. The highest BCUT2D eigenvalue weighted by atomic mass is 79.9. The summed E-state index contributed by atoms with van der Waals surface area (Å²) in [4.78, 5) is 31.6. The molecule has 0 saturated carbocycles. The monoisotopic (exact) mass is 470 g/mol. The molecule has 1 N–H and O–H groups in total. The van der Waals surface area contributed by atoms with Crippen molar-refractivity contribution in [3.63, 3.8) is 0 Å². The molecule has 0 radical (unpaired) electrons. The van der Waals surface area contributed by atoms with Gasteiger partial charge in [-0.15, -0.1) is 0 Å². The van der Waals surface area contributed by atoms with Crippen LogP contribution >= 0.6 is 27.5 Å². The Labute approximate surface area is 181 Å². The number of benzene rings is 2. The SMILES string of the molecule is O=C(CC1(O)C(=O)N(Cc2ccc(Cl)cc2)c2ccc(Br)cc21)c1ccccn1. The third-order valence-electron chi connectivity index (χ3n) is 4.91. The number of rotatable bonds is 5. The Hall–Kier alpha value is -2.54. The van der Waals surface area contributed by atoms with Crippen molar-refractivity contribution < 1.29 is 14.7 Å². The largest absolute Gasteiger partial charge is 0.375 e. The number of Topliss-reactive ketones (excluding diaryl/α,β-unsaturated/α-hetero) is 1. The molecule has 29 heavy (non-hydrogen) atoms. The normalized spacial score (nSPS) is 18.0. The van der Waals surface area contributed by atoms with Crippen LogP contribution in [-0.4, -0.2) is 21.8 Å². The molecule has 0 aliphatic carbocycles. The van der Waals surface area contributed by atoms with Gasteiger partial charge in [0.15, 0.2) is 11.4 Å². The van der Waals surface area contributed by atoms with E-state index in [1.54, 1.807) is 48.5 Å². The number of carbonyl (C=O) groups excluding carboxylic acids is 2. The van der Waals surface area contributed by atoms with E-state index < -0.39 is 17.3 Å². The summed E-state index contributed by atoms with van der Waals surface area (Å²) in [5.74, 6) is -0.939. The molecule has 0 saturated heterocycles. The lowest BCUT2D eigenvalue weighted by Gasteiger charge is -2.22. The molecule has 3 aromatic rings. The second kappa shape index (κ2) is 7.71. The zero-order chi connectivity index (χ0) is 20.6. The molecule has 2 aromatic carbocycles. The number of hydrogen-bond donors (Lipinski definition) is 1. The molecule has 7 heteroatoms. The van der Waals surface area contributed by atoms with Gasteiger partial charge in [0.25, 0.3) is 5.91 Å². The molecule has 1 atom stereocenters. The molecule has 146 valence electrons. The lowest BCUT2D eigenvalue weighted by Crippen LogP contribution is -2.41. The van der Waals surface area contributed by atoms with Crippen molar-refractivity contribution in [2.24, 2.45) is 0 Å². The van der Waals surface area contributed by atoms with Crippen LogP contribution in [0.25, 0.3) is 0 Å². The molecule has 1 aromatic heterocycles. The number of amides is 1. The maximum absolute atomic E-state index is 13.3. The van der Waals surface area contributed by atoms with Gasteiger partial charge in [0, 0.05) is 21.3 Å². The predicted molar refractivity (Wildman–Crippen MR) is 114 cm³/mol. The van der Waals surface area contributed by atoms with Crippen LogP contribution in [0.3, 0.4) is 0 Å². The lowest BCUT2D eigenvalue weighted by atomic mass is 9.89. The molecule has 1 aliphatic rings. The van der Waals surface area contributed by atoms with E-state index in [-0.39, 0.29) is 18.7 Å². The van der Waals surface area contributed by atoms with Crippen molar-refractivity contribution >= 4 is 44.9 Å². The molecular formula is C22H16BrClN2O3. The standard InChI is InChI=1S/C22H16BrClN2O3/c23-15-6-9-19-17(11-15)22(29,12-20(27)18-3-1-2-10-25-18)21(28)26(19)13-14-4-7-16(24)8-5-14/h1-11,29H,12-13H2. The Morgan fingerprint density at radius 2 is 1.90 bits per heavy atom. The number of hydrogen-bond acceptors (Lipinski definition) is 4. The Balaban J connectivity index is 1.71. The van der Waals surface area contributed by atoms with Crippen molar-refractivity contribution in [3.8, 4) is 0 Å². The van der Waals surface area contributed by atoms with Crippen molar-refractivity contribution in [2.75, 3.05) is 4.90 Å². The summed E-state index contributed by atoms with van der Waals surface area (Å²) in [6.45, 7) is 0.255. The first kappa shape index (κ1) is 19.8. The van der Waals surface area contributed by atoms with Gasteiger partial charge in [-0.2, -0.15) is 0 Å². The van der Waals surface area contributed by atoms with Gasteiger partial charge in [-0.3, -0.25) is 14.6 Å². The molecule has 2 heterocycles. The maximum atomic E-state index is 13.3. The van der Waals surface area contributed by atoms with E-state index >= 15 is 0 Å². The van der Waals surface area contributed by atoms with Crippen LogP contribution < -0.4 is 4.90 Å². The summed E-state index contributed by atoms with van der Waals surface area (Å²) >= 11 is 9.34. The molecule has 1 unspecified atom stereocenters. The van der Waals surface area contributed by atoms with Crippen molar-refractivity contribution in [2.45, 2.75) is 18.6 Å². The third kappa shape index (κ3) is 3.71. The van der Waals surface area contributed by atoms with E-state index in [4.69, 9.17) is 11.6 Å². The van der Waals surface area contributed by atoms with Crippen LogP contribution in [0.4, 0.5) is 5.69 Å². The fourth-order valence-electron chi connectivity index (χ4n) is 3.47. The van der Waals surface area contributed by atoms with Crippen LogP contribution in [0.2, 0.25) is 5.02 Å². The number of carbonyl (C=O) groups is 2. The summed E-state index contributed by atoms with van der Waals surface area (Å²) < 4.78 is 0.709. The van der Waals surface area contributed by atoms with Crippen molar-refractivity contribution in [3.05, 3.63) is 93.2 Å². The van der Waals surface area contributed by atoms with E-state index in [2.05, 4.69) is 20.9 Å². The second-order valence-electron chi connectivity index (χ2n) is 6.85. The highest BCUT2D eigenvalue weighted by Crippen LogP contribution is 2.44. The molecule has 5 nitrogen and oxygen atoms in total. The molecule has 1 aliphatic heterocycles. The predicted octanol–water partition coefficient (Wildman–Crippen LogP) is 4.50. The van der Waals surface area contributed by atoms with Gasteiger partial charge < -0.3 is 10.0 Å². The molecule has 4 rings (SSSR count). The highest BCUT2D eigenvalue weighted by Gasteiger charge is 2.51. The number of aromatic nitrogens is 1. The molecule has 0 spiro atoms. The lowest BCUT2D eigenvalue weighted by molar-refractivity contribution is -0.136. The van der Waals surface area contributed by atoms with Crippen molar-refractivity contribution in [1.82, 2.24) is 4.98 Å². The van der Waals surface area contributed by atoms with E-state index in [1.165, 1.54) is 11.1 Å². The number of halogens is 2. The van der Waals surface area contributed by atoms with Gasteiger partial charge in [-0.05, 0) is 48.0 Å². The molecule has 0 bridgehead atoms. The van der Waals surface area contributed by atoms with Gasteiger partial charge in [0.05, 0.1) is 18.7 Å². The van der Waals surface area contributed by atoms with E-state index in [0.717, 1.165) is 5.56 Å². The summed E-state index contributed by atoms with van der Waals surface area (Å²) in [5, 5.41) is 12.0. The summed E-state index contributed by atoms with van der Waals surface area (Å²) in [5.41, 5.74) is 0.0816. The van der Waals surface area contributed by atoms with Gasteiger partial charge in [0.2, 0.25) is 0 Å². The minimum absolute atomic E-state index is 0.210. The topological polar surface area (TPSA) is 70.5 Å². The first-order valence-corrected chi connectivity index (χ1v) is 10.1. The number of aliphatic hydroxyl groups is 1. The third-order valence-corrected chi connectivity index (χ3v) is 5.66. The average Bonchev–Trinajstić information content (AvgIpc) is 2.92. The first-order valence-electron chi connectivity index (χ1n) is 8.91. The van der Waals surface area contributed by atoms with Gasteiger partial charge in [0.1, 0.15) is 5.69 Å². The van der Waals surface area contributed by atoms with E-state index in [0.29, 0.717) is 20.7 Å². The molecule has 1 amide bonds. The van der Waals surface area contributed by atoms with Crippen LogP contribution in [0.1, 0.15) is 28.0 Å². The van der Waals surface area contributed by atoms with Gasteiger partial charge >= 0.3 is 0 Å². The first-order chi connectivity index (χ1) is 13.9. The fraction of sp³-hybridized carbons (Fsp3) is 0.136. The van der Waals surface area contributed by atoms with Gasteiger partial charge in [-0.25, -0.2) is 0 Å². The highest BCUT2D eigenvalue weighted by molar-refractivity contribution is 9.10. The summed E-state index contributed by atoms with van der Waals surface area (Å²) in [6.07, 6.45) is 1.12. The fourth-order valence-corrected chi connectivity index (χ4v) is 3.96. The number of fused-ring (bicyclic) bond motifs is 1. The number of ketones is 1. The van der Waals surface area contributed by atoms with Crippen LogP contribution in [-0.2, 0) is 16.9 Å². The smallest absolute Gasteiger partial charge is 0.264 e. The Bertz CT molecular complexity index is 1090. The van der Waals surface area contributed by atoms with Crippen molar-refractivity contribution in [1.29, 1.82) is 0 Å². The van der Waals surface area contributed by atoms with Crippen LogP contribution in [0.15, 0.2) is 71.3 Å². The van der Waals surface area contributed by atoms with Gasteiger partial charge in [-0.1, -0.05) is 45.7 Å². The Kier molecular flexibility index (Phi) is 5.25. The number of anilines is 1. The van der Waals surface area contributed by atoms with Crippen LogP contribution in [0.5, 0.6) is 0 Å². The minimum Gasteiger partial charge on any atom is -0.375 e. The summed E-state index contributed by atoms with van der Waals surface area (Å²) in [6, 6.07) is 17.3. The van der Waals surface area contributed by atoms with Crippen LogP contribution in [0, 0.1) is 0 Å². The quantitative estimate of drug-likeness (QED) is 0.556. The van der Waals surface area contributed by atoms with E-state index in [9.17, 15) is 14.7 Å². The molecular weight excluding hydrogens is 456 g/mol. The average molecular weight is 472 g/mol. The zero-order valence-electron chi connectivity index (χ0n) is 15.2. The Morgan fingerprint density at radius 1 is 1.14 bits per heavy atom. The molecule has 0 fully saturated rings. The maximum Gasteiger partial charge on any atom is 0.264 e. The minimum atomic E-state index is -1.96. The van der Waals surface area contributed by atoms with E-state index in [1.807, 2.05) is 12.1 Å². The number of nitrogens with zero attached hydrogens (tertiary/aromatic N) is 2. The summed E-state index contributed by atoms with van der Waals surface area (Å²) in [7, 11) is 0. The number of pyridine rings is 1. The zero-order valence-corrected chi connectivity index (χ0v) is 17.5. The second-order valence-corrected chi connectivity index (χ2v) is 8.21.